The number of methoxy groups -OCH3 is 2. The summed E-state index contributed by atoms with van der Waals surface area (Å²) in [5.41, 5.74) is 4.19. The molecular formula is C24H26N4O4S. The molecule has 0 saturated carbocycles. The third kappa shape index (κ3) is 6.22. The van der Waals surface area contributed by atoms with Gasteiger partial charge in [-0.15, -0.1) is 11.3 Å². The summed E-state index contributed by atoms with van der Waals surface area (Å²) in [5, 5.41) is 15.2. The van der Waals surface area contributed by atoms with Gasteiger partial charge < -0.3 is 24.1 Å². The highest BCUT2D eigenvalue weighted by Gasteiger charge is 2.15. The van der Waals surface area contributed by atoms with Crippen LogP contribution in [0.4, 0.5) is 10.8 Å². The van der Waals surface area contributed by atoms with Crippen LogP contribution in [0.25, 0.3) is 6.08 Å². The standard InChI is InChI=1S/C24H26N4O4S/c1-16-11-18(17(2)28(16)9-10-30-3)12-19(13-25)23(29)32-14-21-15-33-24(27-21)26-20-5-7-22(31-4)8-6-20/h5-8,11-12,15H,9-10,14H2,1-4H3,(H,26,27). The second kappa shape index (κ2) is 11.3. The molecule has 3 rings (SSSR count). The fourth-order valence-corrected chi connectivity index (χ4v) is 3.95. The molecule has 0 amide bonds. The normalized spacial score (nSPS) is 11.2. The van der Waals surface area contributed by atoms with E-state index < -0.39 is 5.97 Å². The van der Waals surface area contributed by atoms with E-state index in [1.807, 2.05) is 50.2 Å². The van der Waals surface area contributed by atoms with Crippen molar-refractivity contribution in [3.8, 4) is 11.8 Å². The first kappa shape index (κ1) is 24.0. The molecule has 0 atom stereocenters. The molecule has 2 aromatic heterocycles. The van der Waals surface area contributed by atoms with E-state index in [0.29, 0.717) is 24.0 Å². The number of hydrogen-bond acceptors (Lipinski definition) is 8. The van der Waals surface area contributed by atoms with Gasteiger partial charge in [0.1, 0.15) is 24.0 Å². The van der Waals surface area contributed by atoms with Gasteiger partial charge in [0.15, 0.2) is 5.13 Å². The molecule has 0 saturated heterocycles. The molecule has 0 radical (unpaired) electrons. The molecule has 1 N–H and O–H groups in total. The Bertz CT molecular complexity index is 1170. The van der Waals surface area contributed by atoms with E-state index in [4.69, 9.17) is 14.2 Å². The summed E-state index contributed by atoms with van der Waals surface area (Å²) in [6.07, 6.45) is 1.56. The lowest BCUT2D eigenvalue weighted by molar-refractivity contribution is -0.139. The zero-order valence-corrected chi connectivity index (χ0v) is 19.9. The zero-order valence-electron chi connectivity index (χ0n) is 19.0. The number of nitriles is 1. The average molecular weight is 467 g/mol. The quantitative estimate of drug-likeness (QED) is 0.265. The Hall–Kier alpha value is -3.61. The van der Waals surface area contributed by atoms with Crippen LogP contribution in [0, 0.1) is 25.2 Å². The first-order valence-electron chi connectivity index (χ1n) is 10.2. The van der Waals surface area contributed by atoms with Crippen LogP contribution in [0.5, 0.6) is 5.75 Å². The molecular weight excluding hydrogens is 440 g/mol. The Balaban J connectivity index is 1.62. The van der Waals surface area contributed by atoms with Gasteiger partial charge in [0.05, 0.1) is 19.4 Å². The lowest BCUT2D eigenvalue weighted by Crippen LogP contribution is -2.08. The van der Waals surface area contributed by atoms with Crippen molar-refractivity contribution in [3.05, 3.63) is 63.9 Å². The molecule has 8 nitrogen and oxygen atoms in total. The van der Waals surface area contributed by atoms with Gasteiger partial charge >= 0.3 is 5.97 Å². The van der Waals surface area contributed by atoms with Crippen LogP contribution in [0.2, 0.25) is 0 Å². The summed E-state index contributed by atoms with van der Waals surface area (Å²) in [5.74, 6) is 0.0856. The third-order valence-electron chi connectivity index (χ3n) is 5.02. The number of benzene rings is 1. The SMILES string of the molecule is COCCn1c(C)cc(C=C(C#N)C(=O)OCc2csc(Nc3ccc(OC)cc3)n2)c1C. The number of aromatic nitrogens is 2. The fourth-order valence-electron chi connectivity index (χ4n) is 3.24. The summed E-state index contributed by atoms with van der Waals surface area (Å²) in [6, 6.07) is 11.4. The highest BCUT2D eigenvalue weighted by molar-refractivity contribution is 7.13. The maximum Gasteiger partial charge on any atom is 0.349 e. The Morgan fingerprint density at radius 2 is 2.03 bits per heavy atom. The molecule has 0 fully saturated rings. The van der Waals surface area contributed by atoms with Crippen LogP contribution in [0.1, 0.15) is 22.6 Å². The van der Waals surface area contributed by atoms with Crippen molar-refractivity contribution in [2.75, 3.05) is 26.1 Å². The molecule has 1 aromatic carbocycles. The van der Waals surface area contributed by atoms with Gasteiger partial charge in [-0.3, -0.25) is 0 Å². The second-order valence-corrected chi connectivity index (χ2v) is 8.07. The van der Waals surface area contributed by atoms with Crippen LogP contribution >= 0.6 is 11.3 Å². The number of aryl methyl sites for hydroxylation is 1. The van der Waals surface area contributed by atoms with E-state index in [1.54, 1.807) is 25.7 Å². The molecule has 0 unspecified atom stereocenters. The third-order valence-corrected chi connectivity index (χ3v) is 5.82. The number of nitrogens with one attached hydrogen (secondary N) is 1. The van der Waals surface area contributed by atoms with E-state index in [-0.39, 0.29) is 12.2 Å². The van der Waals surface area contributed by atoms with E-state index in [2.05, 4.69) is 14.9 Å². The van der Waals surface area contributed by atoms with Crippen molar-refractivity contribution in [2.45, 2.75) is 27.0 Å². The van der Waals surface area contributed by atoms with Gasteiger partial charge in [-0.25, -0.2) is 9.78 Å². The minimum atomic E-state index is -0.683. The Labute approximate surface area is 197 Å². The second-order valence-electron chi connectivity index (χ2n) is 7.21. The number of nitrogens with zero attached hydrogens (tertiary/aromatic N) is 3. The molecule has 3 aromatic rings. The van der Waals surface area contributed by atoms with Gasteiger partial charge in [0.2, 0.25) is 0 Å². The number of rotatable bonds is 10. The van der Waals surface area contributed by atoms with E-state index in [1.165, 1.54) is 11.3 Å². The van der Waals surface area contributed by atoms with Gasteiger partial charge in [0.25, 0.3) is 0 Å². The predicted octanol–water partition coefficient (Wildman–Crippen LogP) is 4.61. The number of thiazole rings is 1. The maximum absolute atomic E-state index is 12.5. The monoisotopic (exact) mass is 466 g/mol. The molecule has 0 spiro atoms. The van der Waals surface area contributed by atoms with Crippen LogP contribution in [-0.4, -0.2) is 36.3 Å². The Morgan fingerprint density at radius 3 is 2.70 bits per heavy atom. The number of anilines is 2. The molecule has 9 heteroatoms. The summed E-state index contributed by atoms with van der Waals surface area (Å²) in [6.45, 7) is 5.18. The van der Waals surface area contributed by atoms with Crippen molar-refractivity contribution < 1.29 is 19.0 Å². The lowest BCUT2D eigenvalue weighted by atomic mass is 10.1. The number of esters is 1. The van der Waals surface area contributed by atoms with Gasteiger partial charge in [-0.1, -0.05) is 0 Å². The summed E-state index contributed by atoms with van der Waals surface area (Å²) < 4.78 is 17.7. The van der Waals surface area contributed by atoms with Crippen molar-refractivity contribution in [1.82, 2.24) is 9.55 Å². The minimum absolute atomic E-state index is 0.0223. The predicted molar refractivity (Wildman–Crippen MR) is 128 cm³/mol. The van der Waals surface area contributed by atoms with Crippen molar-refractivity contribution >= 4 is 34.2 Å². The molecule has 0 aliphatic carbocycles. The average Bonchev–Trinajstić information content (AvgIpc) is 3.38. The number of hydrogen-bond donors (Lipinski definition) is 1. The van der Waals surface area contributed by atoms with Crippen molar-refractivity contribution in [2.24, 2.45) is 0 Å². The molecule has 2 heterocycles. The summed E-state index contributed by atoms with van der Waals surface area (Å²) >= 11 is 1.40. The highest BCUT2D eigenvalue weighted by Crippen LogP contribution is 2.24. The summed E-state index contributed by atoms with van der Waals surface area (Å²) in [7, 11) is 3.27. The number of carbonyl (C=O) groups is 1. The molecule has 0 aliphatic heterocycles. The number of ether oxygens (including phenoxy) is 3. The molecule has 0 aliphatic rings. The Kier molecular flexibility index (Phi) is 8.24. The van der Waals surface area contributed by atoms with Crippen LogP contribution in [0.15, 0.2) is 41.3 Å². The molecule has 0 bridgehead atoms. The highest BCUT2D eigenvalue weighted by atomic mass is 32.1. The minimum Gasteiger partial charge on any atom is -0.497 e. The van der Waals surface area contributed by atoms with Crippen LogP contribution < -0.4 is 10.1 Å². The first-order valence-corrected chi connectivity index (χ1v) is 11.1. The van der Waals surface area contributed by atoms with E-state index in [0.717, 1.165) is 28.4 Å². The molecule has 33 heavy (non-hydrogen) atoms. The first-order chi connectivity index (χ1) is 15.9. The Morgan fingerprint density at radius 1 is 1.27 bits per heavy atom. The topological polar surface area (TPSA) is 98.4 Å². The van der Waals surface area contributed by atoms with Gasteiger partial charge in [-0.2, -0.15) is 5.26 Å². The van der Waals surface area contributed by atoms with Crippen molar-refractivity contribution in [3.63, 3.8) is 0 Å². The van der Waals surface area contributed by atoms with Gasteiger partial charge in [-0.05, 0) is 55.8 Å². The van der Waals surface area contributed by atoms with Crippen LogP contribution in [0.3, 0.4) is 0 Å². The van der Waals surface area contributed by atoms with Crippen LogP contribution in [-0.2, 0) is 27.4 Å². The van der Waals surface area contributed by atoms with Crippen molar-refractivity contribution in [1.29, 1.82) is 5.26 Å². The summed E-state index contributed by atoms with van der Waals surface area (Å²) in [4.78, 5) is 16.9. The maximum atomic E-state index is 12.5. The van der Waals surface area contributed by atoms with Gasteiger partial charge in [0, 0.05) is 36.1 Å². The number of carbonyl (C=O) groups excluding carboxylic acids is 1. The van der Waals surface area contributed by atoms with E-state index in [9.17, 15) is 10.1 Å². The lowest BCUT2D eigenvalue weighted by Gasteiger charge is -2.08. The largest absolute Gasteiger partial charge is 0.497 e. The molecule has 172 valence electrons. The smallest absolute Gasteiger partial charge is 0.349 e. The fraction of sp³-hybridized carbons (Fsp3) is 0.292. The zero-order chi connectivity index (χ0) is 23.8. The van der Waals surface area contributed by atoms with E-state index >= 15 is 0 Å².